The molecule has 0 unspecified atom stereocenters. The fourth-order valence-electron chi connectivity index (χ4n) is 2.31. The summed E-state index contributed by atoms with van der Waals surface area (Å²) in [7, 11) is -3.35. The molecule has 10 heteroatoms. The Kier molecular flexibility index (Phi) is 5.48. The van der Waals surface area contributed by atoms with Crippen molar-refractivity contribution in [1.29, 1.82) is 0 Å². The molecule has 28 heavy (non-hydrogen) atoms. The minimum absolute atomic E-state index is 0.0905. The van der Waals surface area contributed by atoms with Gasteiger partial charge in [-0.2, -0.15) is 5.10 Å². The van der Waals surface area contributed by atoms with Crippen molar-refractivity contribution in [3.8, 4) is 5.69 Å². The van der Waals surface area contributed by atoms with Crippen LogP contribution in [0.25, 0.3) is 5.69 Å². The third-order valence-corrected chi connectivity index (χ3v) is 5.09. The molecule has 0 aliphatic rings. The number of carbonyl (C=O) groups excluding carboxylic acids is 2. The van der Waals surface area contributed by atoms with Gasteiger partial charge in [-0.15, -0.1) is 0 Å². The fraction of sp³-hybridized carbons (Fsp3) is 0.0556. The molecule has 0 radical (unpaired) electrons. The molecular formula is C18H15ClN4O4S. The third-order valence-electron chi connectivity index (χ3n) is 3.73. The Morgan fingerprint density at radius 1 is 1.00 bits per heavy atom. The zero-order valence-corrected chi connectivity index (χ0v) is 16.2. The number of amides is 2. The Hall–Kier alpha value is -3.17. The van der Waals surface area contributed by atoms with Crippen LogP contribution < -0.4 is 10.9 Å². The molecule has 2 amide bonds. The molecule has 0 spiro atoms. The van der Waals surface area contributed by atoms with Crippen molar-refractivity contribution >= 4 is 33.3 Å². The lowest BCUT2D eigenvalue weighted by Gasteiger charge is -2.07. The molecule has 0 aliphatic heterocycles. The first kappa shape index (κ1) is 19.6. The van der Waals surface area contributed by atoms with E-state index in [4.69, 9.17) is 11.6 Å². The van der Waals surface area contributed by atoms with Gasteiger partial charge in [0, 0.05) is 23.0 Å². The third kappa shape index (κ3) is 4.56. The van der Waals surface area contributed by atoms with Crippen molar-refractivity contribution in [2.24, 2.45) is 0 Å². The summed E-state index contributed by atoms with van der Waals surface area (Å²) in [5.74, 6) is -1.20. The Balaban J connectivity index is 1.63. The highest BCUT2D eigenvalue weighted by Gasteiger charge is 2.13. The van der Waals surface area contributed by atoms with E-state index >= 15 is 0 Å². The summed E-state index contributed by atoms with van der Waals surface area (Å²) in [5.41, 5.74) is 5.48. The zero-order chi connectivity index (χ0) is 20.3. The predicted octanol–water partition coefficient (Wildman–Crippen LogP) is 2.00. The van der Waals surface area contributed by atoms with Crippen molar-refractivity contribution in [2.45, 2.75) is 4.90 Å². The SMILES string of the molecule is CS(=O)(=O)c1ccc(C(=O)NNC(=O)c2ccn(-c3cccc(Cl)c3)n2)cc1. The number of halogens is 1. The molecule has 8 nitrogen and oxygen atoms in total. The molecule has 0 saturated carbocycles. The minimum atomic E-state index is -3.35. The molecule has 1 aromatic heterocycles. The van der Waals surface area contributed by atoms with Crippen LogP contribution in [0.4, 0.5) is 0 Å². The minimum Gasteiger partial charge on any atom is -0.267 e. The van der Waals surface area contributed by atoms with Gasteiger partial charge in [-0.05, 0) is 48.5 Å². The van der Waals surface area contributed by atoms with Crippen LogP contribution in [0.3, 0.4) is 0 Å². The summed E-state index contributed by atoms with van der Waals surface area (Å²) in [6.07, 6.45) is 2.66. The molecular weight excluding hydrogens is 404 g/mol. The second-order valence-corrected chi connectivity index (χ2v) is 8.28. The maximum absolute atomic E-state index is 12.2. The van der Waals surface area contributed by atoms with Crippen LogP contribution in [-0.2, 0) is 9.84 Å². The van der Waals surface area contributed by atoms with E-state index in [1.165, 1.54) is 35.0 Å². The van der Waals surface area contributed by atoms with Crippen molar-refractivity contribution in [2.75, 3.05) is 6.26 Å². The van der Waals surface area contributed by atoms with Gasteiger partial charge < -0.3 is 0 Å². The molecule has 3 aromatic rings. The molecule has 1 heterocycles. The standard InChI is InChI=1S/C18H15ClN4O4S/c1-28(26,27)15-7-5-12(6-8-15)17(24)20-21-18(25)16-9-10-23(22-16)14-4-2-3-13(19)11-14/h2-11H,1H3,(H,20,24)(H,21,25). The average molecular weight is 419 g/mol. The first-order valence-electron chi connectivity index (χ1n) is 7.96. The van der Waals surface area contributed by atoms with Crippen molar-refractivity contribution in [1.82, 2.24) is 20.6 Å². The Morgan fingerprint density at radius 2 is 1.68 bits per heavy atom. The highest BCUT2D eigenvalue weighted by atomic mass is 35.5. The summed E-state index contributed by atoms with van der Waals surface area (Å²) < 4.78 is 24.3. The Morgan fingerprint density at radius 3 is 2.32 bits per heavy atom. The van der Waals surface area contributed by atoms with E-state index in [0.717, 1.165) is 6.26 Å². The molecule has 0 atom stereocenters. The number of hydrazine groups is 1. The molecule has 0 fully saturated rings. The van der Waals surface area contributed by atoms with Gasteiger partial charge in [-0.25, -0.2) is 13.1 Å². The second-order valence-electron chi connectivity index (χ2n) is 5.83. The van der Waals surface area contributed by atoms with Crippen LogP contribution in [0.2, 0.25) is 5.02 Å². The Bertz CT molecular complexity index is 1140. The lowest BCUT2D eigenvalue weighted by molar-refractivity contribution is 0.0843. The smallest absolute Gasteiger partial charge is 0.267 e. The van der Waals surface area contributed by atoms with E-state index in [2.05, 4.69) is 16.0 Å². The molecule has 0 saturated heterocycles. The van der Waals surface area contributed by atoms with Gasteiger partial charge in [-0.3, -0.25) is 20.4 Å². The van der Waals surface area contributed by atoms with E-state index in [1.807, 2.05) is 0 Å². The summed E-state index contributed by atoms with van der Waals surface area (Å²) in [6, 6.07) is 13.8. The Labute approximate surface area is 166 Å². The maximum Gasteiger partial charge on any atom is 0.290 e. The molecule has 0 aliphatic carbocycles. The highest BCUT2D eigenvalue weighted by molar-refractivity contribution is 7.90. The number of benzene rings is 2. The summed E-state index contributed by atoms with van der Waals surface area (Å²) in [4.78, 5) is 24.4. The number of nitrogens with one attached hydrogen (secondary N) is 2. The highest BCUT2D eigenvalue weighted by Crippen LogP contribution is 2.14. The first-order valence-corrected chi connectivity index (χ1v) is 10.2. The predicted molar refractivity (Wildman–Crippen MR) is 103 cm³/mol. The van der Waals surface area contributed by atoms with Crippen molar-refractivity contribution in [3.63, 3.8) is 0 Å². The van der Waals surface area contributed by atoms with E-state index in [9.17, 15) is 18.0 Å². The van der Waals surface area contributed by atoms with Gasteiger partial charge in [0.05, 0.1) is 10.6 Å². The van der Waals surface area contributed by atoms with Gasteiger partial charge in [-0.1, -0.05) is 17.7 Å². The van der Waals surface area contributed by atoms with Crippen LogP contribution in [0.5, 0.6) is 0 Å². The van der Waals surface area contributed by atoms with E-state index in [1.54, 1.807) is 30.5 Å². The van der Waals surface area contributed by atoms with Gasteiger partial charge in [0.15, 0.2) is 15.5 Å². The summed E-state index contributed by atoms with van der Waals surface area (Å²) >= 11 is 5.94. The van der Waals surface area contributed by atoms with E-state index < -0.39 is 21.7 Å². The second kappa shape index (κ2) is 7.83. The monoisotopic (exact) mass is 418 g/mol. The van der Waals surface area contributed by atoms with Gasteiger partial charge in [0.25, 0.3) is 11.8 Å². The number of rotatable bonds is 4. The van der Waals surface area contributed by atoms with Gasteiger partial charge in [0.1, 0.15) is 0 Å². The number of nitrogens with zero attached hydrogens (tertiary/aromatic N) is 2. The quantitative estimate of drug-likeness (QED) is 0.630. The molecule has 3 rings (SSSR count). The summed E-state index contributed by atoms with van der Waals surface area (Å²) in [5, 5.41) is 4.67. The van der Waals surface area contributed by atoms with Crippen LogP contribution in [-0.4, -0.2) is 36.3 Å². The van der Waals surface area contributed by atoms with E-state index in [-0.39, 0.29) is 16.2 Å². The molecule has 2 N–H and O–H groups in total. The average Bonchev–Trinajstić information content (AvgIpc) is 3.15. The van der Waals surface area contributed by atoms with E-state index in [0.29, 0.717) is 10.7 Å². The summed E-state index contributed by atoms with van der Waals surface area (Å²) in [6.45, 7) is 0. The molecule has 2 aromatic carbocycles. The van der Waals surface area contributed by atoms with Crippen LogP contribution in [0.1, 0.15) is 20.8 Å². The lowest BCUT2D eigenvalue weighted by Crippen LogP contribution is -2.41. The molecule has 0 bridgehead atoms. The number of hydrogen-bond acceptors (Lipinski definition) is 5. The topological polar surface area (TPSA) is 110 Å². The van der Waals surface area contributed by atoms with Crippen molar-refractivity contribution < 1.29 is 18.0 Å². The lowest BCUT2D eigenvalue weighted by atomic mass is 10.2. The van der Waals surface area contributed by atoms with Crippen LogP contribution in [0.15, 0.2) is 65.7 Å². The largest absolute Gasteiger partial charge is 0.290 e. The number of aromatic nitrogens is 2. The van der Waals surface area contributed by atoms with Crippen LogP contribution >= 0.6 is 11.6 Å². The molecule has 144 valence electrons. The number of sulfone groups is 1. The normalized spacial score (nSPS) is 11.1. The first-order chi connectivity index (χ1) is 13.2. The number of hydrogen-bond donors (Lipinski definition) is 2. The fourth-order valence-corrected chi connectivity index (χ4v) is 3.13. The van der Waals surface area contributed by atoms with Gasteiger partial charge in [0.2, 0.25) is 0 Å². The maximum atomic E-state index is 12.2. The van der Waals surface area contributed by atoms with Gasteiger partial charge >= 0.3 is 0 Å². The number of carbonyl (C=O) groups is 2. The van der Waals surface area contributed by atoms with Crippen LogP contribution in [0, 0.1) is 0 Å². The van der Waals surface area contributed by atoms with Crippen molar-refractivity contribution in [3.05, 3.63) is 77.1 Å². The zero-order valence-electron chi connectivity index (χ0n) is 14.6.